The Morgan fingerprint density at radius 3 is 2.44 bits per heavy atom. The molecule has 0 aliphatic rings. The van der Waals surface area contributed by atoms with Crippen LogP contribution in [-0.4, -0.2) is 4.98 Å². The van der Waals surface area contributed by atoms with Crippen LogP contribution in [0, 0.1) is 6.92 Å². The van der Waals surface area contributed by atoms with Crippen LogP contribution < -0.4 is 0 Å². The number of hydrogen-bond acceptors (Lipinski definition) is 1. The Balaban J connectivity index is 2.61. The van der Waals surface area contributed by atoms with E-state index in [2.05, 4.69) is 4.98 Å². The second-order valence-electron chi connectivity index (χ2n) is 3.88. The van der Waals surface area contributed by atoms with E-state index in [1.165, 1.54) is 18.3 Å². The number of nitrogens with zero attached hydrogens (tertiary/aromatic N) is 1. The van der Waals surface area contributed by atoms with Gasteiger partial charge < -0.3 is 0 Å². The molecule has 0 saturated heterocycles. The molecule has 2 aromatic rings. The van der Waals surface area contributed by atoms with Crippen LogP contribution in [0.5, 0.6) is 0 Å². The van der Waals surface area contributed by atoms with Gasteiger partial charge in [-0.15, -0.1) is 0 Å². The van der Waals surface area contributed by atoms with Crippen LogP contribution in [0.25, 0.3) is 11.1 Å². The second-order valence-corrected chi connectivity index (χ2v) is 4.23. The highest BCUT2D eigenvalue weighted by atomic mass is 35.5. The van der Waals surface area contributed by atoms with Crippen LogP contribution in [-0.2, 0) is 6.18 Å². The Hall–Kier alpha value is -1.55. The molecular weight excluding hydrogens is 263 g/mol. The van der Waals surface area contributed by atoms with Crippen molar-refractivity contribution in [2.45, 2.75) is 13.1 Å². The lowest BCUT2D eigenvalue weighted by molar-refractivity contribution is -0.137. The summed E-state index contributed by atoms with van der Waals surface area (Å²) in [7, 11) is 0. The Morgan fingerprint density at radius 2 is 1.83 bits per heavy atom. The molecular formula is C13H9ClF3N. The number of aromatic nitrogens is 1. The lowest BCUT2D eigenvalue weighted by Gasteiger charge is -2.13. The first kappa shape index (κ1) is 12.9. The summed E-state index contributed by atoms with van der Waals surface area (Å²) in [5.74, 6) is 0. The van der Waals surface area contributed by atoms with Crippen LogP contribution in [0.2, 0.25) is 5.15 Å². The number of halogens is 4. The largest absolute Gasteiger partial charge is 0.417 e. The summed E-state index contributed by atoms with van der Waals surface area (Å²) in [5.41, 5.74) is 0.488. The maximum Gasteiger partial charge on any atom is 0.417 e. The Kier molecular flexibility index (Phi) is 3.30. The van der Waals surface area contributed by atoms with E-state index in [0.29, 0.717) is 16.3 Å². The molecule has 1 heterocycles. The van der Waals surface area contributed by atoms with Gasteiger partial charge in [-0.05, 0) is 30.2 Å². The van der Waals surface area contributed by atoms with Crippen molar-refractivity contribution in [3.8, 4) is 11.1 Å². The fourth-order valence-corrected chi connectivity index (χ4v) is 1.79. The molecule has 1 aromatic heterocycles. The first-order chi connectivity index (χ1) is 8.39. The standard InChI is InChI=1S/C13H9ClF3N/c1-8-6-9(7-18-12(8)14)10-4-2-3-5-11(10)13(15,16)17/h2-7H,1H3. The zero-order valence-corrected chi connectivity index (χ0v) is 10.2. The molecule has 18 heavy (non-hydrogen) atoms. The van der Waals surface area contributed by atoms with Gasteiger partial charge in [0.25, 0.3) is 0 Å². The molecule has 0 amide bonds. The molecule has 0 saturated carbocycles. The Labute approximate surface area is 107 Å². The van der Waals surface area contributed by atoms with E-state index >= 15 is 0 Å². The summed E-state index contributed by atoms with van der Waals surface area (Å²) in [6, 6.07) is 7.00. The summed E-state index contributed by atoms with van der Waals surface area (Å²) in [5, 5.41) is 0.295. The molecule has 2 rings (SSSR count). The van der Waals surface area contributed by atoms with E-state index < -0.39 is 11.7 Å². The summed E-state index contributed by atoms with van der Waals surface area (Å²) in [4.78, 5) is 3.88. The predicted octanol–water partition coefficient (Wildman–Crippen LogP) is 4.73. The smallest absolute Gasteiger partial charge is 0.244 e. The zero-order chi connectivity index (χ0) is 13.3. The van der Waals surface area contributed by atoms with Crippen molar-refractivity contribution in [1.29, 1.82) is 0 Å². The van der Waals surface area contributed by atoms with E-state index in [9.17, 15) is 13.2 Å². The van der Waals surface area contributed by atoms with E-state index in [4.69, 9.17) is 11.6 Å². The molecule has 0 aliphatic carbocycles. The number of hydrogen-bond donors (Lipinski definition) is 0. The lowest BCUT2D eigenvalue weighted by Crippen LogP contribution is -2.07. The van der Waals surface area contributed by atoms with Gasteiger partial charge in [0.05, 0.1) is 5.56 Å². The number of benzene rings is 1. The Morgan fingerprint density at radius 1 is 1.17 bits per heavy atom. The molecule has 1 aromatic carbocycles. The number of alkyl halides is 3. The van der Waals surface area contributed by atoms with E-state index in [-0.39, 0.29) is 5.56 Å². The monoisotopic (exact) mass is 271 g/mol. The van der Waals surface area contributed by atoms with Gasteiger partial charge in [0.15, 0.2) is 0 Å². The molecule has 0 bridgehead atoms. The molecule has 0 fully saturated rings. The zero-order valence-electron chi connectivity index (χ0n) is 9.42. The van der Waals surface area contributed by atoms with E-state index in [1.54, 1.807) is 19.1 Å². The minimum atomic E-state index is -4.38. The first-order valence-corrected chi connectivity index (χ1v) is 5.56. The van der Waals surface area contributed by atoms with Gasteiger partial charge in [-0.1, -0.05) is 29.8 Å². The highest BCUT2D eigenvalue weighted by Crippen LogP contribution is 2.37. The average Bonchev–Trinajstić information content (AvgIpc) is 2.32. The SMILES string of the molecule is Cc1cc(-c2ccccc2C(F)(F)F)cnc1Cl. The van der Waals surface area contributed by atoms with Crippen LogP contribution in [0.3, 0.4) is 0 Å². The molecule has 0 radical (unpaired) electrons. The number of rotatable bonds is 1. The highest BCUT2D eigenvalue weighted by molar-refractivity contribution is 6.30. The van der Waals surface area contributed by atoms with Gasteiger partial charge in [-0.3, -0.25) is 0 Å². The fourth-order valence-electron chi connectivity index (χ4n) is 1.69. The molecule has 1 nitrogen and oxygen atoms in total. The minimum absolute atomic E-state index is 0.109. The third kappa shape index (κ3) is 2.48. The van der Waals surface area contributed by atoms with E-state index in [1.807, 2.05) is 0 Å². The summed E-state index contributed by atoms with van der Waals surface area (Å²) >= 11 is 5.76. The Bertz CT molecular complexity index is 579. The van der Waals surface area contributed by atoms with Gasteiger partial charge >= 0.3 is 6.18 Å². The quantitative estimate of drug-likeness (QED) is 0.683. The summed E-state index contributed by atoms with van der Waals surface area (Å²) in [6.07, 6.45) is -3.04. The maximum absolute atomic E-state index is 12.9. The number of pyridine rings is 1. The van der Waals surface area contributed by atoms with E-state index in [0.717, 1.165) is 6.07 Å². The maximum atomic E-state index is 12.9. The average molecular weight is 272 g/mol. The molecule has 0 aliphatic heterocycles. The van der Waals surface area contributed by atoms with Gasteiger partial charge in [-0.25, -0.2) is 4.98 Å². The lowest BCUT2D eigenvalue weighted by atomic mass is 10.00. The minimum Gasteiger partial charge on any atom is -0.244 e. The molecule has 0 atom stereocenters. The molecule has 0 N–H and O–H groups in total. The van der Waals surface area contributed by atoms with Crippen LogP contribution >= 0.6 is 11.6 Å². The molecule has 0 unspecified atom stereocenters. The number of aryl methyl sites for hydroxylation is 1. The highest BCUT2D eigenvalue weighted by Gasteiger charge is 2.33. The normalized spacial score (nSPS) is 11.6. The van der Waals surface area contributed by atoms with Crippen molar-refractivity contribution >= 4 is 11.6 Å². The second kappa shape index (κ2) is 4.61. The van der Waals surface area contributed by atoms with Gasteiger partial charge in [0.1, 0.15) is 5.15 Å². The predicted molar refractivity (Wildman–Crippen MR) is 64.4 cm³/mol. The van der Waals surface area contributed by atoms with Crippen molar-refractivity contribution in [2.75, 3.05) is 0 Å². The van der Waals surface area contributed by atoms with Crippen LogP contribution in [0.15, 0.2) is 36.5 Å². The topological polar surface area (TPSA) is 12.9 Å². The molecule has 94 valence electrons. The van der Waals surface area contributed by atoms with Gasteiger partial charge in [-0.2, -0.15) is 13.2 Å². The summed E-state index contributed by atoms with van der Waals surface area (Å²) < 4.78 is 38.6. The molecule has 5 heteroatoms. The van der Waals surface area contributed by atoms with Gasteiger partial charge in [0.2, 0.25) is 0 Å². The summed E-state index contributed by atoms with van der Waals surface area (Å²) in [6.45, 7) is 1.70. The van der Waals surface area contributed by atoms with Crippen molar-refractivity contribution in [3.05, 3.63) is 52.8 Å². The van der Waals surface area contributed by atoms with Crippen molar-refractivity contribution < 1.29 is 13.2 Å². The third-order valence-corrected chi connectivity index (χ3v) is 2.95. The van der Waals surface area contributed by atoms with Crippen LogP contribution in [0.1, 0.15) is 11.1 Å². The molecule has 0 spiro atoms. The fraction of sp³-hybridized carbons (Fsp3) is 0.154. The third-order valence-electron chi connectivity index (χ3n) is 2.56. The first-order valence-electron chi connectivity index (χ1n) is 5.18. The van der Waals surface area contributed by atoms with Crippen molar-refractivity contribution in [1.82, 2.24) is 4.98 Å². The van der Waals surface area contributed by atoms with Gasteiger partial charge in [0, 0.05) is 11.8 Å². The van der Waals surface area contributed by atoms with Crippen molar-refractivity contribution in [2.24, 2.45) is 0 Å². The van der Waals surface area contributed by atoms with Crippen molar-refractivity contribution in [3.63, 3.8) is 0 Å². The van der Waals surface area contributed by atoms with Crippen LogP contribution in [0.4, 0.5) is 13.2 Å².